The zero-order valence-electron chi connectivity index (χ0n) is 2.81. The van der Waals surface area contributed by atoms with Gasteiger partial charge in [0.2, 0.25) is 0 Å². The third kappa shape index (κ3) is 3.88. The molecule has 5 heavy (non-hydrogen) atoms. The molecule has 32 valence electrons. The molecule has 0 aromatic rings. The molecule has 0 aromatic heterocycles. The maximum atomic E-state index is 7.80. The minimum absolute atomic E-state index is 0.156. The minimum Gasteiger partial charge on any atom is -0.381 e. The van der Waals surface area contributed by atoms with Crippen LogP contribution in [0.1, 0.15) is 0 Å². The van der Waals surface area contributed by atoms with Gasteiger partial charge in [-0.2, -0.15) is 0 Å². The van der Waals surface area contributed by atoms with E-state index in [0.717, 1.165) is 0 Å². The van der Waals surface area contributed by atoms with Gasteiger partial charge in [-0.15, -0.1) is 0 Å². The first-order chi connectivity index (χ1) is 2.41. The minimum atomic E-state index is -0.156. The van der Waals surface area contributed by atoms with Gasteiger partial charge in [-0.3, -0.25) is 5.32 Å². The molecule has 3 heteroatoms. The average Bonchev–Trinajstić information content (AvgIpc) is 1.41. The Hall–Kier alpha value is -0.120. The maximum Gasteiger partial charge on any atom is 0.0948 e. The first kappa shape index (κ1) is 4.88. The SMILES string of the molecule is OCNCO. The van der Waals surface area contributed by atoms with Gasteiger partial charge in [0.1, 0.15) is 0 Å². The fourth-order valence-corrected chi connectivity index (χ4v) is 0.0500. The molecule has 0 unspecified atom stereocenters. The van der Waals surface area contributed by atoms with E-state index < -0.39 is 0 Å². The Morgan fingerprint density at radius 2 is 1.60 bits per heavy atom. The van der Waals surface area contributed by atoms with Crippen molar-refractivity contribution in [1.82, 2.24) is 5.32 Å². The second kappa shape index (κ2) is 3.88. The summed E-state index contributed by atoms with van der Waals surface area (Å²) in [6, 6.07) is 0. The molecule has 0 spiro atoms. The fraction of sp³-hybridized carbons (Fsp3) is 1.00. The number of aliphatic hydroxyl groups excluding tert-OH is 2. The molecule has 3 nitrogen and oxygen atoms in total. The van der Waals surface area contributed by atoms with Crippen molar-refractivity contribution in [3.05, 3.63) is 0 Å². The van der Waals surface area contributed by atoms with Gasteiger partial charge in [0.05, 0.1) is 13.5 Å². The summed E-state index contributed by atoms with van der Waals surface area (Å²) in [5, 5.41) is 17.8. The van der Waals surface area contributed by atoms with Crippen molar-refractivity contribution in [2.24, 2.45) is 0 Å². The standard InChI is InChI=1S/C2H7NO2/c4-1-3-2-5/h3-5H,1-2H2. The van der Waals surface area contributed by atoms with Gasteiger partial charge in [0, 0.05) is 0 Å². The lowest BCUT2D eigenvalue weighted by molar-refractivity contribution is 0.185. The van der Waals surface area contributed by atoms with Crippen LogP contribution in [0.3, 0.4) is 0 Å². The lowest BCUT2D eigenvalue weighted by atomic mass is 11.1. The fourth-order valence-electron chi connectivity index (χ4n) is 0.0500. The van der Waals surface area contributed by atoms with Crippen molar-refractivity contribution in [2.45, 2.75) is 0 Å². The molecule has 0 aliphatic heterocycles. The molecule has 3 N–H and O–H groups in total. The molecular formula is C2H7NO2. The number of rotatable bonds is 2. The van der Waals surface area contributed by atoms with E-state index in [0.29, 0.717) is 0 Å². The molecule has 0 aliphatic rings. The highest BCUT2D eigenvalue weighted by Crippen LogP contribution is 1.37. The third-order valence-corrected chi connectivity index (χ3v) is 0.224. The van der Waals surface area contributed by atoms with Crippen LogP contribution >= 0.6 is 0 Å². The number of aliphatic hydroxyl groups is 2. The van der Waals surface area contributed by atoms with Crippen molar-refractivity contribution in [3.8, 4) is 0 Å². The molecule has 0 aliphatic carbocycles. The summed E-state index contributed by atoms with van der Waals surface area (Å²) in [4.78, 5) is 0. The lowest BCUT2D eigenvalue weighted by Gasteiger charge is -1.85. The van der Waals surface area contributed by atoms with E-state index in [4.69, 9.17) is 10.2 Å². The molecule has 0 heterocycles. The molecule has 0 saturated heterocycles. The van der Waals surface area contributed by atoms with Crippen molar-refractivity contribution in [1.29, 1.82) is 0 Å². The van der Waals surface area contributed by atoms with E-state index in [9.17, 15) is 0 Å². The number of nitrogens with one attached hydrogen (secondary N) is 1. The Bertz CT molecular complexity index is 15.1. The lowest BCUT2D eigenvalue weighted by Crippen LogP contribution is -2.14. The highest BCUT2D eigenvalue weighted by atomic mass is 16.3. The van der Waals surface area contributed by atoms with Crippen molar-refractivity contribution < 1.29 is 10.2 Å². The normalized spacial score (nSPS) is 8.40. The molecule has 0 radical (unpaired) electrons. The summed E-state index contributed by atoms with van der Waals surface area (Å²) in [7, 11) is 0. The van der Waals surface area contributed by atoms with E-state index in [-0.39, 0.29) is 13.5 Å². The van der Waals surface area contributed by atoms with Crippen molar-refractivity contribution in [3.63, 3.8) is 0 Å². The van der Waals surface area contributed by atoms with Crippen molar-refractivity contribution >= 4 is 0 Å². The molecule has 0 rings (SSSR count). The Kier molecular flexibility index (Phi) is 3.79. The Labute approximate surface area is 30.2 Å². The quantitative estimate of drug-likeness (QED) is 0.351. The van der Waals surface area contributed by atoms with Crippen LogP contribution in [0.25, 0.3) is 0 Å². The average molecular weight is 77.1 g/mol. The summed E-state index contributed by atoms with van der Waals surface area (Å²) in [5.74, 6) is 0. The molecular weight excluding hydrogens is 70.0 g/mol. The second-order valence-corrected chi connectivity index (χ2v) is 0.566. The highest BCUT2D eigenvalue weighted by molar-refractivity contribution is 4.10. The van der Waals surface area contributed by atoms with E-state index in [1.165, 1.54) is 0 Å². The van der Waals surface area contributed by atoms with Crippen molar-refractivity contribution in [2.75, 3.05) is 13.5 Å². The summed E-state index contributed by atoms with van der Waals surface area (Å²) in [6.45, 7) is -0.312. The second-order valence-electron chi connectivity index (χ2n) is 0.566. The molecule has 0 saturated carbocycles. The summed E-state index contributed by atoms with van der Waals surface area (Å²) in [5.41, 5.74) is 0. The zero-order valence-corrected chi connectivity index (χ0v) is 2.81. The summed E-state index contributed by atoms with van der Waals surface area (Å²) < 4.78 is 0. The van der Waals surface area contributed by atoms with Crippen LogP contribution in [0.15, 0.2) is 0 Å². The summed E-state index contributed by atoms with van der Waals surface area (Å²) in [6.07, 6.45) is 0. The van der Waals surface area contributed by atoms with Crippen LogP contribution in [-0.2, 0) is 0 Å². The van der Waals surface area contributed by atoms with Gasteiger partial charge >= 0.3 is 0 Å². The maximum absolute atomic E-state index is 7.80. The summed E-state index contributed by atoms with van der Waals surface area (Å²) >= 11 is 0. The predicted molar refractivity (Wildman–Crippen MR) is 17.3 cm³/mol. The van der Waals surface area contributed by atoms with Gasteiger partial charge in [0.15, 0.2) is 0 Å². The zero-order chi connectivity index (χ0) is 4.12. The highest BCUT2D eigenvalue weighted by Gasteiger charge is 1.64. The van der Waals surface area contributed by atoms with Gasteiger partial charge in [-0.1, -0.05) is 0 Å². The number of hydrogen-bond donors (Lipinski definition) is 3. The topological polar surface area (TPSA) is 52.5 Å². The van der Waals surface area contributed by atoms with Crippen LogP contribution in [0.5, 0.6) is 0 Å². The first-order valence-electron chi connectivity index (χ1n) is 1.34. The van der Waals surface area contributed by atoms with Crippen LogP contribution < -0.4 is 5.32 Å². The predicted octanol–water partition coefficient (Wildman–Crippen LogP) is -1.52. The van der Waals surface area contributed by atoms with Crippen LogP contribution in [0, 0.1) is 0 Å². The Morgan fingerprint density at radius 1 is 1.20 bits per heavy atom. The van der Waals surface area contributed by atoms with E-state index in [2.05, 4.69) is 5.32 Å². The van der Waals surface area contributed by atoms with Gasteiger partial charge < -0.3 is 10.2 Å². The largest absolute Gasteiger partial charge is 0.381 e. The number of hydrogen-bond acceptors (Lipinski definition) is 3. The van der Waals surface area contributed by atoms with Crippen LogP contribution in [0.2, 0.25) is 0 Å². The van der Waals surface area contributed by atoms with E-state index >= 15 is 0 Å². The molecule has 0 amide bonds. The monoisotopic (exact) mass is 77.0 g/mol. The first-order valence-corrected chi connectivity index (χ1v) is 1.34. The van der Waals surface area contributed by atoms with E-state index in [1.54, 1.807) is 0 Å². The van der Waals surface area contributed by atoms with Gasteiger partial charge in [-0.25, -0.2) is 0 Å². The van der Waals surface area contributed by atoms with E-state index in [1.807, 2.05) is 0 Å². The van der Waals surface area contributed by atoms with Crippen LogP contribution in [-0.4, -0.2) is 23.7 Å². The van der Waals surface area contributed by atoms with Gasteiger partial charge in [0.25, 0.3) is 0 Å². The molecule has 0 bridgehead atoms. The van der Waals surface area contributed by atoms with Crippen LogP contribution in [0.4, 0.5) is 0 Å². The molecule has 0 fully saturated rings. The molecule has 0 aromatic carbocycles. The smallest absolute Gasteiger partial charge is 0.0948 e. The van der Waals surface area contributed by atoms with Gasteiger partial charge in [-0.05, 0) is 0 Å². The third-order valence-electron chi connectivity index (χ3n) is 0.224. The molecule has 0 atom stereocenters. The Balaban J connectivity index is 2.19. The Morgan fingerprint density at radius 3 is 1.60 bits per heavy atom.